The number of fused-ring (bicyclic) bond motifs is 1. The van der Waals surface area contributed by atoms with Gasteiger partial charge in [-0.1, -0.05) is 35.9 Å². The molecule has 0 aliphatic rings. The van der Waals surface area contributed by atoms with Crippen LogP contribution in [0, 0.1) is 6.92 Å². The summed E-state index contributed by atoms with van der Waals surface area (Å²) in [5.41, 5.74) is 4.53. The normalized spacial score (nSPS) is 12.5. The van der Waals surface area contributed by atoms with Gasteiger partial charge in [-0.3, -0.25) is 4.79 Å². The molecule has 1 amide bonds. The van der Waals surface area contributed by atoms with Crippen LogP contribution in [0.4, 0.5) is 0 Å². The van der Waals surface area contributed by atoms with Gasteiger partial charge in [0.1, 0.15) is 11.3 Å². The van der Waals surface area contributed by atoms with Crippen LogP contribution in [0.15, 0.2) is 69.0 Å². The maximum absolute atomic E-state index is 12.5. The highest BCUT2D eigenvalue weighted by atomic mass is 32.2. The van der Waals surface area contributed by atoms with Crippen LogP contribution in [0.25, 0.3) is 11.0 Å². The van der Waals surface area contributed by atoms with E-state index in [-0.39, 0.29) is 11.4 Å². The van der Waals surface area contributed by atoms with Crippen molar-refractivity contribution in [2.75, 3.05) is 13.6 Å². The Bertz CT molecular complexity index is 1100. The van der Waals surface area contributed by atoms with Crippen LogP contribution in [0.3, 0.4) is 0 Å². The molecule has 0 radical (unpaired) electrons. The summed E-state index contributed by atoms with van der Waals surface area (Å²) in [6, 6.07) is 15.8. The summed E-state index contributed by atoms with van der Waals surface area (Å²) in [4.78, 5) is 12.3. The molecule has 3 rings (SSSR count). The van der Waals surface area contributed by atoms with Gasteiger partial charge in [-0.25, -0.2) is 13.8 Å². The number of carbonyl (C=O) groups excluding carboxylic acids is 1. The number of nitrogens with zero attached hydrogens (tertiary/aromatic N) is 2. The molecule has 8 heteroatoms. The summed E-state index contributed by atoms with van der Waals surface area (Å²) in [6.45, 7) is 3.22. The SMILES string of the molecule is C/C(=N/NC(=O)CN(C)S(=O)(=O)c1ccc(C)cc1)c1cc2ccccc2o1. The van der Waals surface area contributed by atoms with Gasteiger partial charge in [0.25, 0.3) is 5.91 Å². The van der Waals surface area contributed by atoms with Crippen LogP contribution >= 0.6 is 0 Å². The first kappa shape index (κ1) is 19.8. The lowest BCUT2D eigenvalue weighted by Crippen LogP contribution is -2.36. The quantitative estimate of drug-likeness (QED) is 0.510. The zero-order valence-electron chi connectivity index (χ0n) is 15.8. The standard InChI is InChI=1S/C20H21N3O4S/c1-14-8-10-17(11-9-14)28(25,26)23(3)13-20(24)22-21-15(2)19-12-16-6-4-5-7-18(16)27-19/h4-12H,13H2,1-3H3,(H,22,24)/b21-15-. The van der Waals surface area contributed by atoms with Gasteiger partial charge in [0.15, 0.2) is 5.76 Å². The molecule has 146 valence electrons. The van der Waals surface area contributed by atoms with Gasteiger partial charge in [-0.2, -0.15) is 9.41 Å². The molecule has 28 heavy (non-hydrogen) atoms. The third kappa shape index (κ3) is 4.29. The summed E-state index contributed by atoms with van der Waals surface area (Å²) in [7, 11) is -2.40. The number of amides is 1. The van der Waals surface area contributed by atoms with E-state index < -0.39 is 15.9 Å². The first-order valence-electron chi connectivity index (χ1n) is 8.62. The van der Waals surface area contributed by atoms with Crippen molar-refractivity contribution in [3.63, 3.8) is 0 Å². The van der Waals surface area contributed by atoms with Crippen molar-refractivity contribution in [3.05, 3.63) is 65.9 Å². The summed E-state index contributed by atoms with van der Waals surface area (Å²) < 4.78 is 31.7. The summed E-state index contributed by atoms with van der Waals surface area (Å²) in [6.07, 6.45) is 0. The molecule has 0 spiro atoms. The number of furan rings is 1. The predicted molar refractivity (Wildman–Crippen MR) is 108 cm³/mol. The van der Waals surface area contributed by atoms with E-state index in [1.807, 2.05) is 37.3 Å². The minimum Gasteiger partial charge on any atom is -0.455 e. The third-order valence-corrected chi connectivity index (χ3v) is 6.04. The molecule has 0 bridgehead atoms. The molecule has 0 fully saturated rings. The number of benzene rings is 2. The Kier molecular flexibility index (Phi) is 5.62. The second kappa shape index (κ2) is 7.95. The van der Waals surface area contributed by atoms with Crippen LogP contribution < -0.4 is 5.43 Å². The number of hydrogen-bond acceptors (Lipinski definition) is 5. The topological polar surface area (TPSA) is 92.0 Å². The summed E-state index contributed by atoms with van der Waals surface area (Å²) >= 11 is 0. The average Bonchev–Trinajstić information content (AvgIpc) is 3.10. The first-order valence-corrected chi connectivity index (χ1v) is 10.1. The number of aryl methyl sites for hydroxylation is 1. The lowest BCUT2D eigenvalue weighted by Gasteiger charge is -2.16. The number of rotatable bonds is 6. The summed E-state index contributed by atoms with van der Waals surface area (Å²) in [5.74, 6) is -0.0178. The van der Waals surface area contributed by atoms with Crippen LogP contribution in [0.1, 0.15) is 18.2 Å². The zero-order chi connectivity index (χ0) is 20.3. The fraction of sp³-hybridized carbons (Fsp3) is 0.200. The highest BCUT2D eigenvalue weighted by Crippen LogP contribution is 2.19. The lowest BCUT2D eigenvalue weighted by atomic mass is 10.2. The Morgan fingerprint density at radius 1 is 1.14 bits per heavy atom. The minimum atomic E-state index is -3.75. The number of hydrazone groups is 1. The molecule has 1 aromatic heterocycles. The van der Waals surface area contributed by atoms with Crippen LogP contribution in [-0.4, -0.2) is 37.9 Å². The monoisotopic (exact) mass is 399 g/mol. The van der Waals surface area contributed by atoms with E-state index in [0.29, 0.717) is 11.5 Å². The summed E-state index contributed by atoms with van der Waals surface area (Å²) in [5, 5.41) is 4.94. The van der Waals surface area contributed by atoms with Gasteiger partial charge >= 0.3 is 0 Å². The maximum Gasteiger partial charge on any atom is 0.255 e. The Morgan fingerprint density at radius 2 is 1.82 bits per heavy atom. The van der Waals surface area contributed by atoms with Crippen molar-refractivity contribution in [3.8, 4) is 0 Å². The molecule has 1 N–H and O–H groups in total. The van der Waals surface area contributed by atoms with E-state index in [9.17, 15) is 13.2 Å². The number of hydrogen-bond donors (Lipinski definition) is 1. The minimum absolute atomic E-state index is 0.135. The molecule has 0 atom stereocenters. The molecular formula is C20H21N3O4S. The number of nitrogens with one attached hydrogen (secondary N) is 1. The lowest BCUT2D eigenvalue weighted by molar-refractivity contribution is -0.121. The number of carbonyl (C=O) groups is 1. The van der Waals surface area contributed by atoms with E-state index in [1.54, 1.807) is 19.1 Å². The largest absolute Gasteiger partial charge is 0.455 e. The smallest absolute Gasteiger partial charge is 0.255 e. The molecule has 0 aliphatic heterocycles. The van der Waals surface area contributed by atoms with E-state index >= 15 is 0 Å². The highest BCUT2D eigenvalue weighted by Gasteiger charge is 2.22. The van der Waals surface area contributed by atoms with Crippen molar-refractivity contribution < 1.29 is 17.6 Å². The van der Waals surface area contributed by atoms with Crippen molar-refractivity contribution in [1.29, 1.82) is 0 Å². The molecule has 3 aromatic rings. The number of likely N-dealkylation sites (N-methyl/N-ethyl adjacent to an activating group) is 1. The maximum atomic E-state index is 12.5. The number of sulfonamides is 1. The Hall–Kier alpha value is -2.97. The molecule has 0 unspecified atom stereocenters. The molecular weight excluding hydrogens is 378 g/mol. The van der Waals surface area contributed by atoms with E-state index in [2.05, 4.69) is 10.5 Å². The Balaban J connectivity index is 1.65. The number of para-hydroxylation sites is 1. The predicted octanol–water partition coefficient (Wildman–Crippen LogP) is 2.90. The van der Waals surface area contributed by atoms with Gasteiger partial charge in [0.05, 0.1) is 11.4 Å². The van der Waals surface area contributed by atoms with E-state index in [4.69, 9.17) is 4.42 Å². The molecule has 7 nitrogen and oxygen atoms in total. The fourth-order valence-electron chi connectivity index (χ4n) is 2.57. The van der Waals surface area contributed by atoms with Gasteiger partial charge in [-0.05, 0) is 38.1 Å². The average molecular weight is 399 g/mol. The van der Waals surface area contributed by atoms with Crippen molar-refractivity contribution >= 4 is 32.6 Å². The van der Waals surface area contributed by atoms with Crippen molar-refractivity contribution in [2.45, 2.75) is 18.7 Å². The highest BCUT2D eigenvalue weighted by molar-refractivity contribution is 7.89. The van der Waals surface area contributed by atoms with E-state index in [1.165, 1.54) is 19.2 Å². The third-order valence-electron chi connectivity index (χ3n) is 4.23. The molecule has 2 aromatic carbocycles. The fourth-order valence-corrected chi connectivity index (χ4v) is 3.70. The molecule has 0 saturated heterocycles. The Labute approximate surface area is 163 Å². The van der Waals surface area contributed by atoms with Gasteiger partial charge in [0, 0.05) is 12.4 Å². The second-order valence-corrected chi connectivity index (χ2v) is 8.50. The van der Waals surface area contributed by atoms with Crippen molar-refractivity contribution in [1.82, 2.24) is 9.73 Å². The Morgan fingerprint density at radius 3 is 2.50 bits per heavy atom. The molecule has 1 heterocycles. The van der Waals surface area contributed by atoms with Crippen LogP contribution in [-0.2, 0) is 14.8 Å². The van der Waals surface area contributed by atoms with Crippen molar-refractivity contribution in [2.24, 2.45) is 5.10 Å². The first-order chi connectivity index (χ1) is 13.3. The molecule has 0 saturated carbocycles. The second-order valence-electron chi connectivity index (χ2n) is 6.45. The van der Waals surface area contributed by atoms with Gasteiger partial charge in [-0.15, -0.1) is 0 Å². The molecule has 0 aliphatic carbocycles. The van der Waals surface area contributed by atoms with Gasteiger partial charge in [0.2, 0.25) is 10.0 Å². The van der Waals surface area contributed by atoms with Gasteiger partial charge < -0.3 is 4.42 Å². The van der Waals surface area contributed by atoms with Crippen LogP contribution in [0.5, 0.6) is 0 Å². The van der Waals surface area contributed by atoms with Crippen LogP contribution in [0.2, 0.25) is 0 Å². The zero-order valence-corrected chi connectivity index (χ0v) is 16.7. The van der Waals surface area contributed by atoms with E-state index in [0.717, 1.165) is 20.8 Å².